The van der Waals surface area contributed by atoms with E-state index in [1.54, 1.807) is 25.1 Å². The summed E-state index contributed by atoms with van der Waals surface area (Å²) in [5, 5.41) is 3.66. The summed E-state index contributed by atoms with van der Waals surface area (Å²) in [7, 11) is -1.63. The molecule has 1 N–H and O–H groups in total. The third kappa shape index (κ3) is 8.19. The second-order valence-corrected chi connectivity index (χ2v) is 13.4. The van der Waals surface area contributed by atoms with Gasteiger partial charge in [0.25, 0.3) is 10.0 Å². The number of anilines is 1. The molecule has 2 amide bonds. The Bertz CT molecular complexity index is 1620. The maximum Gasteiger partial charge on any atom is 0.264 e. The summed E-state index contributed by atoms with van der Waals surface area (Å²) < 4.78 is 53.6. The number of hydrogen-bond donors (Lipinski definition) is 1. The summed E-state index contributed by atoms with van der Waals surface area (Å²) in [6, 6.07) is 12.8. The van der Waals surface area contributed by atoms with Gasteiger partial charge in [-0.25, -0.2) is 12.8 Å². The summed E-state index contributed by atoms with van der Waals surface area (Å²) >= 11 is 12.4. The van der Waals surface area contributed by atoms with Gasteiger partial charge < -0.3 is 19.7 Å². The standard InChI is InChI=1S/C32H36Cl2FN3O6S/c1-4-28(32(40)36-23-7-5-6-8-23)37(19-21-9-15-26(33)27(34)17-21)31(39)20-38(24-12-10-22(35)11-13-24)45(41,42)25-14-16-29(43-2)30(18-25)44-3/h9-18,23,28H,4-8,19-20H2,1-3H3,(H,36,40)/t28-/m1/s1. The lowest BCUT2D eigenvalue weighted by molar-refractivity contribution is -0.140. The average molecular weight is 681 g/mol. The quantitative estimate of drug-likeness (QED) is 0.230. The third-order valence-corrected chi connectivity index (χ3v) is 10.3. The van der Waals surface area contributed by atoms with Crippen LogP contribution in [-0.2, 0) is 26.2 Å². The molecule has 0 saturated heterocycles. The first-order chi connectivity index (χ1) is 21.5. The zero-order valence-corrected chi connectivity index (χ0v) is 27.6. The van der Waals surface area contributed by atoms with Crippen LogP contribution in [0.1, 0.15) is 44.6 Å². The van der Waals surface area contributed by atoms with Gasteiger partial charge in [0.05, 0.1) is 34.8 Å². The minimum absolute atomic E-state index is 0.00891. The van der Waals surface area contributed by atoms with Crippen LogP contribution in [0, 0.1) is 5.82 Å². The number of methoxy groups -OCH3 is 2. The van der Waals surface area contributed by atoms with Crippen LogP contribution in [0.15, 0.2) is 65.6 Å². The number of halogens is 3. The fourth-order valence-corrected chi connectivity index (χ4v) is 7.11. The van der Waals surface area contributed by atoms with Crippen LogP contribution >= 0.6 is 23.2 Å². The van der Waals surface area contributed by atoms with Gasteiger partial charge in [0, 0.05) is 18.7 Å². The fraction of sp³-hybridized carbons (Fsp3) is 0.375. The summed E-state index contributed by atoms with van der Waals surface area (Å²) in [6.07, 6.45) is 3.99. The van der Waals surface area contributed by atoms with Gasteiger partial charge in [-0.1, -0.05) is 49.0 Å². The first-order valence-corrected chi connectivity index (χ1v) is 16.7. The van der Waals surface area contributed by atoms with E-state index in [0.717, 1.165) is 42.1 Å². The Hall–Kier alpha value is -3.54. The Morgan fingerprint density at radius 3 is 2.22 bits per heavy atom. The maximum absolute atomic E-state index is 14.3. The van der Waals surface area contributed by atoms with Crippen LogP contribution in [0.2, 0.25) is 10.0 Å². The molecule has 13 heteroatoms. The van der Waals surface area contributed by atoms with E-state index in [0.29, 0.717) is 16.3 Å². The molecule has 0 unspecified atom stereocenters. The second kappa shape index (κ2) is 15.2. The Morgan fingerprint density at radius 1 is 0.956 bits per heavy atom. The molecule has 45 heavy (non-hydrogen) atoms. The van der Waals surface area contributed by atoms with Crippen LogP contribution < -0.4 is 19.1 Å². The smallest absolute Gasteiger partial charge is 0.264 e. The molecular weight excluding hydrogens is 644 g/mol. The number of rotatable bonds is 13. The summed E-state index contributed by atoms with van der Waals surface area (Å²) in [5.41, 5.74) is 0.651. The molecule has 1 saturated carbocycles. The second-order valence-electron chi connectivity index (χ2n) is 10.7. The number of carbonyl (C=O) groups excluding carboxylic acids is 2. The highest BCUT2D eigenvalue weighted by Crippen LogP contribution is 2.33. The Balaban J connectivity index is 1.75. The van der Waals surface area contributed by atoms with Crippen molar-refractivity contribution in [2.45, 2.75) is 62.6 Å². The molecule has 4 rings (SSSR count). The van der Waals surface area contributed by atoms with Crippen molar-refractivity contribution in [2.75, 3.05) is 25.1 Å². The van der Waals surface area contributed by atoms with E-state index in [4.69, 9.17) is 32.7 Å². The van der Waals surface area contributed by atoms with Gasteiger partial charge >= 0.3 is 0 Å². The highest BCUT2D eigenvalue weighted by atomic mass is 35.5. The number of benzene rings is 3. The van der Waals surface area contributed by atoms with Crippen LogP contribution in [-0.4, -0.2) is 58.0 Å². The summed E-state index contributed by atoms with van der Waals surface area (Å²) in [4.78, 5) is 29.0. The Morgan fingerprint density at radius 2 is 1.62 bits per heavy atom. The van der Waals surface area contributed by atoms with Gasteiger partial charge in [-0.3, -0.25) is 13.9 Å². The van der Waals surface area contributed by atoms with E-state index in [1.165, 1.54) is 49.5 Å². The fourth-order valence-electron chi connectivity index (χ4n) is 5.36. The van der Waals surface area contributed by atoms with Gasteiger partial charge in [-0.15, -0.1) is 0 Å². The predicted molar refractivity (Wildman–Crippen MR) is 172 cm³/mol. The molecular formula is C32H36Cl2FN3O6S. The van der Waals surface area contributed by atoms with E-state index < -0.39 is 34.3 Å². The van der Waals surface area contributed by atoms with Crippen molar-refractivity contribution in [3.8, 4) is 11.5 Å². The lowest BCUT2D eigenvalue weighted by Crippen LogP contribution is -2.53. The van der Waals surface area contributed by atoms with Gasteiger partial charge in [-0.2, -0.15) is 0 Å². The van der Waals surface area contributed by atoms with E-state index >= 15 is 0 Å². The Labute approximate surface area is 273 Å². The molecule has 0 bridgehead atoms. The molecule has 1 aliphatic rings. The largest absolute Gasteiger partial charge is 0.493 e. The third-order valence-electron chi connectivity index (χ3n) is 7.76. The SMILES string of the molecule is CC[C@H](C(=O)NC1CCCC1)N(Cc1ccc(Cl)c(Cl)c1)C(=O)CN(c1ccc(F)cc1)S(=O)(=O)c1ccc(OC)c(OC)c1. The number of nitrogens with one attached hydrogen (secondary N) is 1. The molecule has 3 aromatic carbocycles. The van der Waals surface area contributed by atoms with Crippen molar-refractivity contribution >= 4 is 50.7 Å². The monoisotopic (exact) mass is 679 g/mol. The maximum atomic E-state index is 14.3. The highest BCUT2D eigenvalue weighted by Gasteiger charge is 2.35. The number of amides is 2. The minimum Gasteiger partial charge on any atom is -0.493 e. The van der Waals surface area contributed by atoms with Crippen LogP contribution in [0.4, 0.5) is 10.1 Å². The molecule has 1 fully saturated rings. The molecule has 0 spiro atoms. The van der Waals surface area contributed by atoms with Gasteiger partial charge in [-0.05, 0) is 73.4 Å². The van der Waals surface area contributed by atoms with Crippen molar-refractivity contribution < 1.29 is 31.9 Å². The summed E-state index contributed by atoms with van der Waals surface area (Å²) in [6.45, 7) is 1.06. The van der Waals surface area contributed by atoms with E-state index in [2.05, 4.69) is 5.32 Å². The first-order valence-electron chi connectivity index (χ1n) is 14.5. The number of sulfonamides is 1. The highest BCUT2D eigenvalue weighted by molar-refractivity contribution is 7.92. The van der Waals surface area contributed by atoms with Gasteiger partial charge in [0.2, 0.25) is 11.8 Å². The van der Waals surface area contributed by atoms with Crippen molar-refractivity contribution in [3.05, 3.63) is 82.1 Å². The zero-order valence-electron chi connectivity index (χ0n) is 25.3. The molecule has 0 aliphatic heterocycles. The molecule has 0 radical (unpaired) electrons. The summed E-state index contributed by atoms with van der Waals surface area (Å²) in [5.74, 6) is -1.08. The molecule has 3 aromatic rings. The molecule has 1 atom stereocenters. The molecule has 9 nitrogen and oxygen atoms in total. The molecule has 1 aliphatic carbocycles. The first kappa shape index (κ1) is 34.3. The predicted octanol–water partition coefficient (Wildman–Crippen LogP) is 6.21. The van der Waals surface area contributed by atoms with Crippen molar-refractivity contribution in [1.82, 2.24) is 10.2 Å². The Kier molecular flexibility index (Phi) is 11.6. The van der Waals surface area contributed by atoms with E-state index in [9.17, 15) is 22.4 Å². The van der Waals surface area contributed by atoms with Crippen molar-refractivity contribution in [2.24, 2.45) is 0 Å². The lowest BCUT2D eigenvalue weighted by atomic mass is 10.1. The number of ether oxygens (including phenoxy) is 2. The molecule has 242 valence electrons. The minimum atomic E-state index is -4.42. The van der Waals surface area contributed by atoms with Crippen molar-refractivity contribution in [1.29, 1.82) is 0 Å². The van der Waals surface area contributed by atoms with Crippen molar-refractivity contribution in [3.63, 3.8) is 0 Å². The zero-order chi connectivity index (χ0) is 32.7. The lowest BCUT2D eigenvalue weighted by Gasteiger charge is -2.34. The van der Waals surface area contributed by atoms with Gasteiger partial charge in [0.15, 0.2) is 11.5 Å². The van der Waals surface area contributed by atoms with Crippen LogP contribution in [0.25, 0.3) is 0 Å². The topological polar surface area (TPSA) is 105 Å². The number of carbonyl (C=O) groups is 2. The number of nitrogens with zero attached hydrogens (tertiary/aromatic N) is 2. The van der Waals surface area contributed by atoms with Crippen LogP contribution in [0.5, 0.6) is 11.5 Å². The van der Waals surface area contributed by atoms with E-state index in [1.807, 2.05) is 0 Å². The normalized spacial score (nSPS) is 14.1. The molecule has 0 heterocycles. The molecule has 0 aromatic heterocycles. The van der Waals surface area contributed by atoms with E-state index in [-0.39, 0.29) is 46.3 Å². The average Bonchev–Trinajstić information content (AvgIpc) is 3.54. The van der Waals surface area contributed by atoms with Gasteiger partial charge in [0.1, 0.15) is 18.4 Å². The van der Waals surface area contributed by atoms with Crippen LogP contribution in [0.3, 0.4) is 0 Å². The number of hydrogen-bond acceptors (Lipinski definition) is 6.